The highest BCUT2D eigenvalue weighted by Crippen LogP contribution is 2.20. The normalized spacial score (nSPS) is 18.1. The van der Waals surface area contributed by atoms with Gasteiger partial charge in [0.15, 0.2) is 0 Å². The van der Waals surface area contributed by atoms with E-state index in [0.29, 0.717) is 24.9 Å². The molecule has 2 amide bonds. The van der Waals surface area contributed by atoms with Gasteiger partial charge in [-0.05, 0) is 37.0 Å². The largest absolute Gasteiger partial charge is 0.508 e. The second-order valence-corrected chi connectivity index (χ2v) is 7.00. The highest BCUT2D eigenvalue weighted by Gasteiger charge is 2.37. The number of likely N-dealkylation sites (tertiary alicyclic amines) is 1. The minimum absolute atomic E-state index is 0.0140. The third kappa shape index (κ3) is 6.18. The number of phenols is 1. The van der Waals surface area contributed by atoms with Crippen LogP contribution >= 0.6 is 0 Å². The number of amides is 2. The molecular formula is C19H25N3O7. The number of nitrogens with one attached hydrogen (secondary N) is 1. The molecule has 0 saturated carbocycles. The van der Waals surface area contributed by atoms with Crippen molar-refractivity contribution in [1.29, 1.82) is 0 Å². The number of carboxylic acids is 2. The molecule has 3 unspecified atom stereocenters. The van der Waals surface area contributed by atoms with E-state index < -0.39 is 41.9 Å². The van der Waals surface area contributed by atoms with E-state index in [4.69, 9.17) is 10.8 Å². The first kappa shape index (κ1) is 22.2. The third-order valence-electron chi connectivity index (χ3n) is 4.82. The lowest BCUT2D eigenvalue weighted by Gasteiger charge is -2.27. The summed E-state index contributed by atoms with van der Waals surface area (Å²) < 4.78 is 0. The molecule has 1 heterocycles. The number of hydrogen-bond donors (Lipinski definition) is 5. The van der Waals surface area contributed by atoms with Gasteiger partial charge in [-0.25, -0.2) is 4.79 Å². The standard InChI is InChI=1S/C19H25N3O7/c20-13(7-8-16(24)25)18(27)22-9-1-2-15(22)17(26)21-14(19(28)29)10-11-3-5-12(23)6-4-11/h3-6,13-15,23H,1-2,7-10,20H2,(H,21,26)(H,24,25)(H,28,29). The maximum Gasteiger partial charge on any atom is 0.326 e. The highest BCUT2D eigenvalue weighted by molar-refractivity contribution is 5.92. The van der Waals surface area contributed by atoms with Crippen molar-refractivity contribution < 1.29 is 34.5 Å². The van der Waals surface area contributed by atoms with E-state index in [1.807, 2.05) is 0 Å². The molecule has 1 fully saturated rings. The van der Waals surface area contributed by atoms with Gasteiger partial charge in [0.25, 0.3) is 0 Å². The molecule has 0 spiro atoms. The molecule has 10 heteroatoms. The van der Waals surface area contributed by atoms with E-state index in [2.05, 4.69) is 5.32 Å². The Morgan fingerprint density at radius 2 is 1.83 bits per heavy atom. The van der Waals surface area contributed by atoms with Crippen LogP contribution in [0, 0.1) is 0 Å². The molecule has 0 aliphatic carbocycles. The summed E-state index contributed by atoms with van der Waals surface area (Å²) in [6.45, 7) is 0.299. The lowest BCUT2D eigenvalue weighted by Crippen LogP contribution is -2.54. The van der Waals surface area contributed by atoms with Gasteiger partial charge in [0, 0.05) is 19.4 Å². The number of hydrogen-bond acceptors (Lipinski definition) is 6. The number of carboxylic acid groups (broad SMARTS) is 2. The lowest BCUT2D eigenvalue weighted by molar-refractivity contribution is -0.144. The van der Waals surface area contributed by atoms with Gasteiger partial charge in [0.1, 0.15) is 17.8 Å². The van der Waals surface area contributed by atoms with Gasteiger partial charge in [-0.1, -0.05) is 12.1 Å². The number of rotatable bonds is 9. The summed E-state index contributed by atoms with van der Waals surface area (Å²) in [4.78, 5) is 48.7. The average molecular weight is 407 g/mol. The van der Waals surface area contributed by atoms with Crippen LogP contribution in [-0.2, 0) is 25.6 Å². The minimum atomic E-state index is -1.22. The van der Waals surface area contributed by atoms with Crippen molar-refractivity contribution in [3.05, 3.63) is 29.8 Å². The molecule has 1 aromatic carbocycles. The van der Waals surface area contributed by atoms with E-state index in [9.17, 15) is 29.4 Å². The zero-order valence-electron chi connectivity index (χ0n) is 15.8. The number of aromatic hydroxyl groups is 1. The Hall–Kier alpha value is -3.14. The van der Waals surface area contributed by atoms with Gasteiger partial charge in [-0.15, -0.1) is 0 Å². The van der Waals surface area contributed by atoms with Crippen molar-refractivity contribution in [3.8, 4) is 5.75 Å². The van der Waals surface area contributed by atoms with Crippen molar-refractivity contribution >= 4 is 23.8 Å². The summed E-state index contributed by atoms with van der Waals surface area (Å²) in [5.74, 6) is -3.35. The Morgan fingerprint density at radius 1 is 1.17 bits per heavy atom. The summed E-state index contributed by atoms with van der Waals surface area (Å²) in [7, 11) is 0. The number of carbonyl (C=O) groups excluding carboxylic acids is 2. The molecule has 29 heavy (non-hydrogen) atoms. The molecule has 2 rings (SSSR count). The molecule has 1 aliphatic rings. The molecule has 1 aliphatic heterocycles. The molecule has 3 atom stereocenters. The molecular weight excluding hydrogens is 382 g/mol. The summed E-state index contributed by atoms with van der Waals surface area (Å²) >= 11 is 0. The number of phenolic OH excluding ortho intramolecular Hbond substituents is 1. The maximum absolute atomic E-state index is 12.7. The predicted molar refractivity (Wildman–Crippen MR) is 101 cm³/mol. The molecule has 10 nitrogen and oxygen atoms in total. The zero-order valence-corrected chi connectivity index (χ0v) is 15.8. The first-order valence-corrected chi connectivity index (χ1v) is 9.28. The van der Waals surface area contributed by atoms with E-state index in [-0.39, 0.29) is 25.0 Å². The van der Waals surface area contributed by atoms with Gasteiger partial charge in [-0.2, -0.15) is 0 Å². The van der Waals surface area contributed by atoms with E-state index >= 15 is 0 Å². The molecule has 0 radical (unpaired) electrons. The Bertz CT molecular complexity index is 766. The van der Waals surface area contributed by atoms with Gasteiger partial charge in [-0.3, -0.25) is 14.4 Å². The van der Waals surface area contributed by atoms with Crippen LogP contribution in [0.1, 0.15) is 31.2 Å². The van der Waals surface area contributed by atoms with Crippen LogP contribution in [0.15, 0.2) is 24.3 Å². The molecule has 0 aromatic heterocycles. The second-order valence-electron chi connectivity index (χ2n) is 7.00. The van der Waals surface area contributed by atoms with Crippen LogP contribution in [0.4, 0.5) is 0 Å². The monoisotopic (exact) mass is 407 g/mol. The predicted octanol–water partition coefficient (Wildman–Crippen LogP) is -0.313. The van der Waals surface area contributed by atoms with Gasteiger partial charge < -0.3 is 31.3 Å². The van der Waals surface area contributed by atoms with Crippen molar-refractivity contribution in [2.75, 3.05) is 6.54 Å². The SMILES string of the molecule is NC(CCC(=O)O)C(=O)N1CCCC1C(=O)NC(Cc1ccc(O)cc1)C(=O)O. The van der Waals surface area contributed by atoms with Crippen LogP contribution in [0.2, 0.25) is 0 Å². The molecule has 0 bridgehead atoms. The Labute approximate surface area is 167 Å². The number of benzene rings is 1. The molecule has 158 valence electrons. The fourth-order valence-electron chi connectivity index (χ4n) is 3.25. The first-order chi connectivity index (χ1) is 13.7. The van der Waals surface area contributed by atoms with Crippen LogP contribution in [-0.4, -0.2) is 68.6 Å². The third-order valence-corrected chi connectivity index (χ3v) is 4.82. The smallest absolute Gasteiger partial charge is 0.326 e. The van der Waals surface area contributed by atoms with Gasteiger partial charge in [0.2, 0.25) is 11.8 Å². The quantitative estimate of drug-likeness (QED) is 0.371. The van der Waals surface area contributed by atoms with Crippen molar-refractivity contribution in [2.45, 2.75) is 50.2 Å². The van der Waals surface area contributed by atoms with Crippen molar-refractivity contribution in [3.63, 3.8) is 0 Å². The van der Waals surface area contributed by atoms with Crippen LogP contribution < -0.4 is 11.1 Å². The van der Waals surface area contributed by atoms with Crippen LogP contribution in [0.25, 0.3) is 0 Å². The minimum Gasteiger partial charge on any atom is -0.508 e. The van der Waals surface area contributed by atoms with E-state index in [1.54, 1.807) is 12.1 Å². The van der Waals surface area contributed by atoms with E-state index in [0.717, 1.165) is 0 Å². The molecule has 1 saturated heterocycles. The average Bonchev–Trinajstić information content (AvgIpc) is 3.16. The fourth-order valence-corrected chi connectivity index (χ4v) is 3.25. The Kier molecular flexibility index (Phi) is 7.54. The Morgan fingerprint density at radius 3 is 2.41 bits per heavy atom. The first-order valence-electron chi connectivity index (χ1n) is 9.28. The number of nitrogens with two attached hydrogens (primary N) is 1. The molecule has 1 aromatic rings. The topological polar surface area (TPSA) is 170 Å². The number of carbonyl (C=O) groups is 4. The highest BCUT2D eigenvalue weighted by atomic mass is 16.4. The zero-order chi connectivity index (χ0) is 21.6. The van der Waals surface area contributed by atoms with Gasteiger partial charge in [0.05, 0.1) is 6.04 Å². The summed E-state index contributed by atoms with van der Waals surface area (Å²) in [6.07, 6.45) is 0.642. The summed E-state index contributed by atoms with van der Waals surface area (Å²) in [5, 5.41) is 30.0. The van der Waals surface area contributed by atoms with E-state index in [1.165, 1.54) is 17.0 Å². The second kappa shape index (κ2) is 9.87. The lowest BCUT2D eigenvalue weighted by atomic mass is 10.0. The van der Waals surface area contributed by atoms with Gasteiger partial charge >= 0.3 is 11.9 Å². The van der Waals surface area contributed by atoms with Crippen molar-refractivity contribution in [1.82, 2.24) is 10.2 Å². The number of nitrogens with zero attached hydrogens (tertiary/aromatic N) is 1. The molecule has 6 N–H and O–H groups in total. The number of aliphatic carboxylic acids is 2. The van der Waals surface area contributed by atoms with Crippen molar-refractivity contribution in [2.24, 2.45) is 5.73 Å². The fraction of sp³-hybridized carbons (Fsp3) is 0.474. The maximum atomic E-state index is 12.7. The van der Waals surface area contributed by atoms with Crippen LogP contribution in [0.3, 0.4) is 0 Å². The summed E-state index contributed by atoms with van der Waals surface area (Å²) in [5.41, 5.74) is 6.39. The van der Waals surface area contributed by atoms with Crippen LogP contribution in [0.5, 0.6) is 5.75 Å². The summed E-state index contributed by atoms with van der Waals surface area (Å²) in [6, 6.07) is 2.88. The Balaban J connectivity index is 2.02.